The first-order valence-corrected chi connectivity index (χ1v) is 34.1. The Morgan fingerprint density at radius 3 is 1.87 bits per heavy atom. The molecule has 0 saturated heterocycles. The fourth-order valence-corrected chi connectivity index (χ4v) is 10.7. The second-order valence-electron chi connectivity index (χ2n) is 27.0. The quantitative estimate of drug-likeness (QED) is 0.0373. The number of fused-ring (bicyclic) bond motifs is 1. The van der Waals surface area contributed by atoms with Crippen molar-refractivity contribution < 1.29 is 67.1 Å². The maximum Gasteiger partial charge on any atom is 0.246 e. The van der Waals surface area contributed by atoms with Crippen LogP contribution in [0.15, 0.2) is 42.6 Å². The van der Waals surface area contributed by atoms with Crippen LogP contribution in [0.4, 0.5) is 0 Å². The van der Waals surface area contributed by atoms with E-state index in [-0.39, 0.29) is 69.2 Å². The Kier molecular flexibility index (Phi) is 37.0. The number of aromatic nitrogens is 1. The molecule has 11 atom stereocenters. The van der Waals surface area contributed by atoms with Crippen LogP contribution in [-0.2, 0) is 73.5 Å². The summed E-state index contributed by atoms with van der Waals surface area (Å²) in [6, 6.07) is -2.52. The van der Waals surface area contributed by atoms with Crippen molar-refractivity contribution >= 4 is 92.9 Å². The molecule has 2 heterocycles. The first-order chi connectivity index (χ1) is 45.9. The SMILES string of the molecule is CC(=O)CN[C@]1(C)CCCCCCCC/C=C/CCC[C@@](C)(C(=O)NC(C)C(=O)N[C@@H](C)C(=O)C(=O)[C@H](C)NNC(C)(C)C(=O)NC(C)C(=O)N[C@H](C)C(N)=O)NC(=O)[C@H](CC(C)C)CN[C@@H](CCC(N)=O)C(=O)C(=O)C(C)NC(=O)[C@H](Cc2c[nH]c3ccccc23)NCC1=O.CN. The Hall–Kier alpha value is -7.96. The van der Waals surface area contributed by atoms with Gasteiger partial charge in [0.05, 0.1) is 54.8 Å². The number of H-pyrrole nitrogens is 1. The number of carbonyl (C=O) groups is 14. The number of hydrogen-bond donors (Lipinski definition) is 15. The lowest BCUT2D eigenvalue weighted by Gasteiger charge is -2.33. The largest absolute Gasteiger partial charge is 0.370 e. The van der Waals surface area contributed by atoms with Crippen molar-refractivity contribution in [2.75, 3.05) is 26.7 Å². The summed E-state index contributed by atoms with van der Waals surface area (Å²) < 4.78 is 0. The molecule has 98 heavy (non-hydrogen) atoms. The van der Waals surface area contributed by atoms with Crippen LogP contribution >= 0.6 is 0 Å². The summed E-state index contributed by atoms with van der Waals surface area (Å²) in [5.41, 5.74) is 17.8. The van der Waals surface area contributed by atoms with E-state index in [2.05, 4.69) is 75.5 Å². The normalized spacial score (nSPS) is 23.1. The summed E-state index contributed by atoms with van der Waals surface area (Å²) in [6.45, 7) is 18.8. The Labute approximate surface area is 576 Å². The highest BCUT2D eigenvalue weighted by atomic mass is 16.2. The molecule has 2 aromatic rings. The highest BCUT2D eigenvalue weighted by Gasteiger charge is 2.41. The van der Waals surface area contributed by atoms with Crippen molar-refractivity contribution in [2.24, 2.45) is 29.0 Å². The Bertz CT molecular complexity index is 3110. The molecule has 3 unspecified atom stereocenters. The molecule has 29 nitrogen and oxygen atoms in total. The number of primary amides is 2. The monoisotopic (exact) mass is 1380 g/mol. The van der Waals surface area contributed by atoms with E-state index in [1.54, 1.807) is 13.1 Å². The molecule has 18 N–H and O–H groups in total. The van der Waals surface area contributed by atoms with Gasteiger partial charge in [0.2, 0.25) is 70.4 Å². The average Bonchev–Trinajstić information content (AvgIpc) is 1.39. The molecular formula is C69H113N15O14. The van der Waals surface area contributed by atoms with E-state index in [1.807, 2.05) is 44.2 Å². The van der Waals surface area contributed by atoms with Crippen LogP contribution in [0.1, 0.15) is 185 Å². The molecule has 1 aromatic carbocycles. The average molecular weight is 1380 g/mol. The minimum atomic E-state index is -1.68. The minimum Gasteiger partial charge on any atom is -0.370 e. The molecule has 0 radical (unpaired) electrons. The number of nitrogens with one attached hydrogen (secondary N) is 12. The smallest absolute Gasteiger partial charge is 0.246 e. The van der Waals surface area contributed by atoms with Gasteiger partial charge < -0.3 is 59.4 Å². The zero-order valence-electron chi connectivity index (χ0n) is 60.0. The molecule has 548 valence electrons. The van der Waals surface area contributed by atoms with Crippen molar-refractivity contribution in [1.82, 2.24) is 63.7 Å². The fourth-order valence-electron chi connectivity index (χ4n) is 10.7. The predicted octanol–water partition coefficient (Wildman–Crippen LogP) is 0.918. The lowest BCUT2D eigenvalue weighted by atomic mass is 9.88. The lowest BCUT2D eigenvalue weighted by Crippen LogP contribution is -2.63. The third-order valence-corrected chi connectivity index (χ3v) is 17.2. The molecule has 3 rings (SSSR count). The zero-order chi connectivity index (χ0) is 74.3. The number of carbonyl (C=O) groups excluding carboxylic acids is 14. The van der Waals surface area contributed by atoms with Gasteiger partial charge in [0, 0.05) is 30.1 Å². The molecule has 0 bridgehead atoms. The third kappa shape index (κ3) is 28.9. The van der Waals surface area contributed by atoms with Gasteiger partial charge in [-0.05, 0) is 159 Å². The number of aromatic amines is 1. The van der Waals surface area contributed by atoms with Crippen LogP contribution in [0.25, 0.3) is 10.9 Å². The number of allylic oxidation sites excluding steroid dienone is 2. The fraction of sp³-hybridized carbons (Fsp3) is 0.652. The Morgan fingerprint density at radius 1 is 0.673 bits per heavy atom. The number of benzene rings is 1. The molecular weight excluding hydrogens is 1260 g/mol. The van der Waals surface area contributed by atoms with E-state index in [0.29, 0.717) is 25.7 Å². The van der Waals surface area contributed by atoms with Gasteiger partial charge in [-0.1, -0.05) is 76.3 Å². The second kappa shape index (κ2) is 42.1. The highest BCUT2D eigenvalue weighted by molar-refractivity contribution is 6.41. The molecule has 8 amide bonds. The van der Waals surface area contributed by atoms with Crippen molar-refractivity contribution in [1.29, 1.82) is 0 Å². The van der Waals surface area contributed by atoms with E-state index in [1.165, 1.54) is 76.3 Å². The number of para-hydroxylation sites is 1. The van der Waals surface area contributed by atoms with E-state index >= 15 is 0 Å². The maximum atomic E-state index is 14.7. The van der Waals surface area contributed by atoms with Crippen LogP contribution in [0.5, 0.6) is 0 Å². The van der Waals surface area contributed by atoms with Crippen molar-refractivity contribution in [3.63, 3.8) is 0 Å². The molecule has 1 aromatic heterocycles. The summed E-state index contributed by atoms with van der Waals surface area (Å²) in [6.07, 6.45) is 12.8. The summed E-state index contributed by atoms with van der Waals surface area (Å²) >= 11 is 0. The number of hydrogen-bond acceptors (Lipinski definition) is 20. The van der Waals surface area contributed by atoms with Crippen LogP contribution in [0.2, 0.25) is 0 Å². The van der Waals surface area contributed by atoms with E-state index in [0.717, 1.165) is 55.0 Å². The number of nitrogens with two attached hydrogens (primary N) is 3. The number of rotatable bonds is 25. The number of hydrazine groups is 1. The number of Topliss-reactive ketones (excluding diaryl/α,β-unsaturated/α-hetero) is 6. The topological polar surface area (TPSA) is 465 Å². The van der Waals surface area contributed by atoms with Gasteiger partial charge in [-0.15, -0.1) is 0 Å². The van der Waals surface area contributed by atoms with Crippen LogP contribution < -0.4 is 75.9 Å². The molecule has 1 aliphatic rings. The molecule has 0 fully saturated rings. The van der Waals surface area contributed by atoms with Crippen LogP contribution in [0, 0.1) is 11.8 Å². The predicted molar refractivity (Wildman–Crippen MR) is 373 cm³/mol. The highest BCUT2D eigenvalue weighted by Crippen LogP contribution is 2.23. The number of amides is 8. The van der Waals surface area contributed by atoms with E-state index < -0.39 is 141 Å². The molecule has 1 aliphatic heterocycles. The minimum absolute atomic E-state index is 0.0436. The van der Waals surface area contributed by atoms with Crippen molar-refractivity contribution in [2.45, 2.75) is 251 Å². The van der Waals surface area contributed by atoms with Crippen molar-refractivity contribution in [3.8, 4) is 0 Å². The van der Waals surface area contributed by atoms with Crippen molar-refractivity contribution in [3.05, 3.63) is 48.2 Å². The van der Waals surface area contributed by atoms with Gasteiger partial charge in [-0.3, -0.25) is 77.8 Å². The molecule has 0 aliphatic carbocycles. The standard InChI is InChI=1S/C68H108N14O14.CH5N/c1-39(2)33-48-37-72-51(29-30-54(69)85)58(89)56(87)42(5)76-63(94)52(34-47-36-71-50-28-24-23-27-49(47)50)73-38-53(84)67(12,74-35-40(3)83)31-25-21-19-17-15-14-16-18-20-22-26-32-68(13,80-62(48)93)65(96)79-46(9)60(91)75-41(4)55(86)57(88)43(6)81-82-66(10,11)64(95)78-45(8)61(92)77-44(7)59(70)90;1-2/h18,20,23-24,27-28,36,39,41-46,48,51-52,71-74,81-82H,14-17,19,21-22,25-26,29-35,37-38H2,1-13H3,(H2,69,85)(H2,70,90)(H,75,91)(H,76,94)(H,77,92)(H,78,95)(H,79,96)(H,80,93);2H2,1H3/b20-18+;/t41-,42?,43-,44+,45?,46?,48+,51-,52-,67+,68-;/m0./s1. The van der Waals surface area contributed by atoms with Gasteiger partial charge in [0.25, 0.3) is 0 Å². The first-order valence-electron chi connectivity index (χ1n) is 34.1. The van der Waals surface area contributed by atoms with Gasteiger partial charge in [0.15, 0.2) is 5.78 Å². The van der Waals surface area contributed by atoms with Crippen LogP contribution in [-0.4, -0.2) is 179 Å². The summed E-state index contributed by atoms with van der Waals surface area (Å²) in [7, 11) is 1.50. The molecule has 0 saturated carbocycles. The summed E-state index contributed by atoms with van der Waals surface area (Å²) in [5.74, 6) is -11.4. The summed E-state index contributed by atoms with van der Waals surface area (Å²) in [5, 5.41) is 25.7. The van der Waals surface area contributed by atoms with Crippen LogP contribution in [0.3, 0.4) is 0 Å². The van der Waals surface area contributed by atoms with E-state index in [9.17, 15) is 67.1 Å². The summed E-state index contributed by atoms with van der Waals surface area (Å²) in [4.78, 5) is 192. The van der Waals surface area contributed by atoms with Gasteiger partial charge >= 0.3 is 0 Å². The maximum absolute atomic E-state index is 14.7. The van der Waals surface area contributed by atoms with Gasteiger partial charge in [-0.25, -0.2) is 10.9 Å². The first kappa shape index (κ1) is 86.1. The third-order valence-electron chi connectivity index (χ3n) is 17.2. The Balaban J connectivity index is 0.0000162. The Morgan fingerprint density at radius 2 is 1.26 bits per heavy atom. The van der Waals surface area contributed by atoms with Gasteiger partial charge in [-0.2, -0.15) is 0 Å². The van der Waals surface area contributed by atoms with E-state index in [4.69, 9.17) is 11.5 Å². The van der Waals surface area contributed by atoms with Gasteiger partial charge in [0.1, 0.15) is 35.0 Å². The number of ketones is 6. The lowest BCUT2D eigenvalue weighted by molar-refractivity contribution is -0.140. The second-order valence-corrected chi connectivity index (χ2v) is 27.0. The molecule has 0 spiro atoms. The molecule has 29 heteroatoms. The zero-order valence-corrected chi connectivity index (χ0v) is 60.0.